The normalized spacial score (nSPS) is 12.6. The van der Waals surface area contributed by atoms with E-state index in [1.165, 1.54) is 12.4 Å². The van der Waals surface area contributed by atoms with Gasteiger partial charge in [0.05, 0.1) is 17.1 Å². The van der Waals surface area contributed by atoms with E-state index in [1.807, 2.05) is 0 Å². The number of nitrogens with one attached hydrogen (secondary N) is 2. The summed E-state index contributed by atoms with van der Waals surface area (Å²) in [5.41, 5.74) is -1.09. The minimum absolute atomic E-state index is 0.193. The van der Waals surface area contributed by atoms with Crippen LogP contribution < -0.4 is 4.72 Å². The summed E-state index contributed by atoms with van der Waals surface area (Å²) in [4.78, 5) is 5.82. The predicted octanol–water partition coefficient (Wildman–Crippen LogP) is 2.56. The number of hydrogen-bond acceptors (Lipinski definition) is 3. The van der Waals surface area contributed by atoms with Gasteiger partial charge in [0.2, 0.25) is 10.0 Å². The number of nitrogens with zero attached hydrogens (tertiary/aromatic N) is 1. The van der Waals surface area contributed by atoms with Crippen molar-refractivity contribution in [1.29, 1.82) is 0 Å². The molecule has 0 spiro atoms. The molecule has 21 heavy (non-hydrogen) atoms. The lowest BCUT2D eigenvalue weighted by Crippen LogP contribution is -2.24. The van der Waals surface area contributed by atoms with Crippen molar-refractivity contribution in [3.63, 3.8) is 0 Å². The highest BCUT2D eigenvalue weighted by molar-refractivity contribution is 7.89. The Morgan fingerprint density at radius 3 is 2.62 bits per heavy atom. The average molecular weight is 340 g/mol. The van der Waals surface area contributed by atoms with Gasteiger partial charge in [-0.15, -0.1) is 0 Å². The Kier molecular flexibility index (Phi) is 4.26. The highest BCUT2D eigenvalue weighted by atomic mass is 35.5. The summed E-state index contributed by atoms with van der Waals surface area (Å²) in [5, 5.41) is -0.296. The highest BCUT2D eigenvalue weighted by Gasteiger charge is 2.32. The first-order valence-electron chi connectivity index (χ1n) is 5.55. The molecule has 0 bridgehead atoms. The van der Waals surface area contributed by atoms with Gasteiger partial charge in [-0.3, -0.25) is 0 Å². The Balaban J connectivity index is 2.31. The number of H-pyrrole nitrogens is 1. The molecule has 0 aliphatic heterocycles. The fraction of sp³-hybridized carbons (Fsp3) is 0.182. The van der Waals surface area contributed by atoms with Gasteiger partial charge < -0.3 is 4.98 Å². The van der Waals surface area contributed by atoms with Gasteiger partial charge in [-0.25, -0.2) is 18.1 Å². The molecule has 2 N–H and O–H groups in total. The maximum Gasteiger partial charge on any atom is 0.416 e. The molecule has 114 valence electrons. The van der Waals surface area contributed by atoms with E-state index in [4.69, 9.17) is 11.6 Å². The van der Waals surface area contributed by atoms with Crippen LogP contribution in [-0.2, 0) is 22.7 Å². The number of halogens is 4. The number of aromatic amines is 1. The van der Waals surface area contributed by atoms with E-state index in [0.717, 1.165) is 6.07 Å². The van der Waals surface area contributed by atoms with Crippen LogP contribution in [0.25, 0.3) is 0 Å². The number of rotatable bonds is 4. The molecule has 1 aromatic carbocycles. The molecule has 0 unspecified atom stereocenters. The van der Waals surface area contributed by atoms with Crippen molar-refractivity contribution in [1.82, 2.24) is 14.7 Å². The maximum atomic E-state index is 12.6. The molecule has 1 aromatic heterocycles. The molecule has 1 heterocycles. The fourth-order valence-electron chi connectivity index (χ4n) is 1.52. The van der Waals surface area contributed by atoms with E-state index >= 15 is 0 Å². The second-order valence-corrected chi connectivity index (χ2v) is 6.15. The minimum atomic E-state index is -4.66. The van der Waals surface area contributed by atoms with Crippen LogP contribution in [-0.4, -0.2) is 18.4 Å². The van der Waals surface area contributed by atoms with Crippen molar-refractivity contribution in [3.05, 3.63) is 47.0 Å². The van der Waals surface area contributed by atoms with Crippen LogP contribution in [0.4, 0.5) is 13.2 Å². The van der Waals surface area contributed by atoms with E-state index in [1.54, 1.807) is 0 Å². The summed E-state index contributed by atoms with van der Waals surface area (Å²) in [6, 6.07) is 2.10. The molecular weight excluding hydrogens is 331 g/mol. The topological polar surface area (TPSA) is 74.8 Å². The molecule has 0 amide bonds. The first-order valence-corrected chi connectivity index (χ1v) is 7.41. The van der Waals surface area contributed by atoms with Crippen molar-refractivity contribution < 1.29 is 21.6 Å². The van der Waals surface area contributed by atoms with Gasteiger partial charge in [-0.2, -0.15) is 13.2 Å². The number of benzene rings is 1. The lowest BCUT2D eigenvalue weighted by Gasteiger charge is -2.11. The van der Waals surface area contributed by atoms with E-state index in [0.29, 0.717) is 18.0 Å². The van der Waals surface area contributed by atoms with Gasteiger partial charge in [0.1, 0.15) is 10.7 Å². The highest BCUT2D eigenvalue weighted by Crippen LogP contribution is 2.33. The monoisotopic (exact) mass is 339 g/mol. The Morgan fingerprint density at radius 1 is 1.33 bits per heavy atom. The summed E-state index contributed by atoms with van der Waals surface area (Å²) < 4.78 is 64.0. The van der Waals surface area contributed by atoms with Crippen LogP contribution in [0.5, 0.6) is 0 Å². The lowest BCUT2D eigenvalue weighted by atomic mass is 10.2. The summed E-state index contributed by atoms with van der Waals surface area (Å²) in [6.45, 7) is -0.193. The smallest absolute Gasteiger partial charge is 0.347 e. The van der Waals surface area contributed by atoms with Gasteiger partial charge in [0.15, 0.2) is 0 Å². The zero-order valence-corrected chi connectivity index (χ0v) is 11.9. The van der Waals surface area contributed by atoms with Crippen molar-refractivity contribution >= 4 is 21.6 Å². The van der Waals surface area contributed by atoms with Crippen molar-refractivity contribution in [2.45, 2.75) is 17.6 Å². The first-order chi connectivity index (χ1) is 9.70. The van der Waals surface area contributed by atoms with Crippen molar-refractivity contribution in [3.8, 4) is 0 Å². The first kappa shape index (κ1) is 15.8. The number of imidazole rings is 1. The zero-order valence-electron chi connectivity index (χ0n) is 10.3. The molecule has 0 atom stereocenters. The molecule has 5 nitrogen and oxygen atoms in total. The van der Waals surface area contributed by atoms with Gasteiger partial charge in [0, 0.05) is 12.4 Å². The van der Waals surface area contributed by atoms with Crippen LogP contribution in [0.1, 0.15) is 11.4 Å². The van der Waals surface area contributed by atoms with Crippen molar-refractivity contribution in [2.75, 3.05) is 0 Å². The van der Waals surface area contributed by atoms with Gasteiger partial charge in [0.25, 0.3) is 0 Å². The van der Waals surface area contributed by atoms with Gasteiger partial charge in [-0.1, -0.05) is 11.6 Å². The summed E-state index contributed by atoms with van der Waals surface area (Å²) >= 11 is 5.68. The molecule has 10 heteroatoms. The molecule has 0 radical (unpaired) electrons. The van der Waals surface area contributed by atoms with Crippen LogP contribution in [0.15, 0.2) is 35.5 Å². The summed E-state index contributed by atoms with van der Waals surface area (Å²) in [5.74, 6) is 0.321. The Morgan fingerprint density at radius 2 is 2.05 bits per heavy atom. The summed E-state index contributed by atoms with van der Waals surface area (Å²) in [6.07, 6.45) is -1.75. The zero-order chi connectivity index (χ0) is 15.7. The van der Waals surface area contributed by atoms with Crippen LogP contribution in [0.2, 0.25) is 5.02 Å². The van der Waals surface area contributed by atoms with Crippen LogP contribution in [0, 0.1) is 0 Å². The van der Waals surface area contributed by atoms with Gasteiger partial charge in [-0.05, 0) is 18.2 Å². The number of hydrogen-bond donors (Lipinski definition) is 2. The van der Waals surface area contributed by atoms with E-state index in [-0.39, 0.29) is 11.6 Å². The minimum Gasteiger partial charge on any atom is -0.347 e. The number of aromatic nitrogens is 2. The fourth-order valence-corrected chi connectivity index (χ4v) is 3.03. The molecule has 2 aromatic rings. The largest absolute Gasteiger partial charge is 0.416 e. The molecule has 2 rings (SSSR count). The van der Waals surface area contributed by atoms with E-state index < -0.39 is 26.7 Å². The second kappa shape index (κ2) is 5.66. The third-order valence-electron chi connectivity index (χ3n) is 2.53. The standard InChI is InChI=1S/C11H9ClF3N3O2S/c12-8-2-1-7(11(13,14)15)5-9(8)21(19,20)18-6-10-16-3-4-17-10/h1-5,18H,6H2,(H,16,17). The Bertz CT molecular complexity index is 730. The van der Waals surface area contributed by atoms with E-state index in [9.17, 15) is 21.6 Å². The molecule has 0 fully saturated rings. The lowest BCUT2D eigenvalue weighted by molar-refractivity contribution is -0.137. The van der Waals surface area contributed by atoms with Crippen molar-refractivity contribution in [2.24, 2.45) is 0 Å². The SMILES string of the molecule is O=S(=O)(NCc1ncc[nH]1)c1cc(C(F)(F)F)ccc1Cl. The third kappa shape index (κ3) is 3.74. The summed E-state index contributed by atoms with van der Waals surface area (Å²) in [7, 11) is -4.19. The molecular formula is C11H9ClF3N3O2S. The number of sulfonamides is 1. The number of alkyl halides is 3. The average Bonchev–Trinajstić information content (AvgIpc) is 2.88. The second-order valence-electron chi connectivity index (χ2n) is 4.00. The molecule has 0 aliphatic rings. The third-order valence-corrected chi connectivity index (χ3v) is 4.42. The Labute approximate surface area is 123 Å². The van der Waals surface area contributed by atoms with Gasteiger partial charge >= 0.3 is 6.18 Å². The predicted molar refractivity (Wildman–Crippen MR) is 69.1 cm³/mol. The van der Waals surface area contributed by atoms with Crippen LogP contribution >= 0.6 is 11.6 Å². The Hall–Kier alpha value is -1.58. The van der Waals surface area contributed by atoms with Crippen LogP contribution in [0.3, 0.4) is 0 Å². The molecule has 0 saturated heterocycles. The molecule has 0 aliphatic carbocycles. The molecule has 0 saturated carbocycles. The van der Waals surface area contributed by atoms with E-state index in [2.05, 4.69) is 14.7 Å². The maximum absolute atomic E-state index is 12.6. The quantitative estimate of drug-likeness (QED) is 0.899.